The minimum Gasteiger partial charge on any atom is -0.327 e. The molecule has 8 heteroatoms. The average Bonchev–Trinajstić information content (AvgIpc) is 2.83. The van der Waals surface area contributed by atoms with Crippen molar-refractivity contribution in [1.29, 1.82) is 0 Å². The van der Waals surface area contributed by atoms with Crippen molar-refractivity contribution in [2.24, 2.45) is 11.7 Å². The maximum atomic E-state index is 12.4. The predicted octanol–water partition coefficient (Wildman–Crippen LogP) is 1.32. The third-order valence-electron chi connectivity index (χ3n) is 3.29. The molecule has 0 aliphatic rings. The summed E-state index contributed by atoms with van der Waals surface area (Å²) in [5.74, 6) is 0.345. The van der Waals surface area contributed by atoms with Crippen molar-refractivity contribution < 1.29 is 8.42 Å². The zero-order valence-electron chi connectivity index (χ0n) is 12.5. The summed E-state index contributed by atoms with van der Waals surface area (Å²) in [6.07, 6.45) is 2.15. The van der Waals surface area contributed by atoms with E-state index in [-0.39, 0.29) is 23.5 Å². The van der Waals surface area contributed by atoms with Gasteiger partial charge in [0.15, 0.2) is 5.03 Å². The number of aryl methyl sites for hydroxylation is 1. The third kappa shape index (κ3) is 4.44. The van der Waals surface area contributed by atoms with Crippen LogP contribution in [0.25, 0.3) is 0 Å². The van der Waals surface area contributed by atoms with Crippen molar-refractivity contribution in [3.05, 3.63) is 12.3 Å². The largest absolute Gasteiger partial charge is 0.327 e. The van der Waals surface area contributed by atoms with Crippen molar-refractivity contribution in [3.63, 3.8) is 0 Å². The van der Waals surface area contributed by atoms with Crippen LogP contribution in [-0.4, -0.2) is 42.1 Å². The molecule has 0 bridgehead atoms. The Morgan fingerprint density at radius 1 is 1.45 bits per heavy atom. The van der Waals surface area contributed by atoms with Crippen LogP contribution in [-0.2, 0) is 16.6 Å². The van der Waals surface area contributed by atoms with Gasteiger partial charge >= 0.3 is 0 Å². The first kappa shape index (κ1) is 19.4. The number of nitrogens with two attached hydrogens (primary N) is 1. The average molecular weight is 325 g/mol. The lowest BCUT2D eigenvalue weighted by Crippen LogP contribution is -2.35. The molecule has 118 valence electrons. The van der Waals surface area contributed by atoms with E-state index in [0.717, 1.165) is 0 Å². The standard InChI is InChI=1S/C12H24N4O2S.ClH/c1-5-16-12(6-8-14-16)19(17,18)15(4)9-7-11(13)10(2)3;/h6,8,10-11H,5,7,9,13H2,1-4H3;1H. The van der Waals surface area contributed by atoms with Crippen molar-refractivity contribution in [3.8, 4) is 0 Å². The normalized spacial score (nSPS) is 13.6. The lowest BCUT2D eigenvalue weighted by molar-refractivity contribution is 0.394. The number of nitrogens with zero attached hydrogens (tertiary/aromatic N) is 3. The smallest absolute Gasteiger partial charge is 0.259 e. The molecular formula is C12H25ClN4O2S. The fourth-order valence-electron chi connectivity index (χ4n) is 1.72. The van der Waals surface area contributed by atoms with Crippen LogP contribution in [0.4, 0.5) is 0 Å². The fourth-order valence-corrected chi connectivity index (χ4v) is 3.06. The lowest BCUT2D eigenvalue weighted by Gasteiger charge is -2.21. The number of rotatable bonds is 7. The summed E-state index contributed by atoms with van der Waals surface area (Å²) in [7, 11) is -1.90. The maximum absolute atomic E-state index is 12.4. The van der Waals surface area contributed by atoms with Crippen LogP contribution in [0.15, 0.2) is 17.3 Å². The van der Waals surface area contributed by atoms with E-state index in [9.17, 15) is 8.42 Å². The quantitative estimate of drug-likeness (QED) is 0.820. The Kier molecular flexibility index (Phi) is 7.72. The number of hydrogen-bond acceptors (Lipinski definition) is 4. The molecule has 0 fully saturated rings. The first-order chi connectivity index (χ1) is 8.80. The highest BCUT2D eigenvalue weighted by Crippen LogP contribution is 2.15. The fraction of sp³-hybridized carbons (Fsp3) is 0.750. The minimum atomic E-state index is -3.48. The Labute approximate surface area is 127 Å². The summed E-state index contributed by atoms with van der Waals surface area (Å²) in [4.78, 5) is 0. The van der Waals surface area contributed by atoms with E-state index >= 15 is 0 Å². The third-order valence-corrected chi connectivity index (χ3v) is 5.16. The van der Waals surface area contributed by atoms with Crippen LogP contribution in [0.5, 0.6) is 0 Å². The molecule has 0 amide bonds. The molecule has 0 aromatic carbocycles. The van der Waals surface area contributed by atoms with E-state index < -0.39 is 10.0 Å². The first-order valence-electron chi connectivity index (χ1n) is 6.54. The second-order valence-corrected chi connectivity index (χ2v) is 7.00. The first-order valence-corrected chi connectivity index (χ1v) is 7.98. The Morgan fingerprint density at radius 3 is 2.55 bits per heavy atom. The molecule has 0 spiro atoms. The molecule has 0 aliphatic heterocycles. The SMILES string of the molecule is CCn1nccc1S(=O)(=O)N(C)CCC(N)C(C)C.Cl. The van der Waals surface area contributed by atoms with Gasteiger partial charge in [-0.25, -0.2) is 8.42 Å². The molecule has 1 heterocycles. The molecule has 1 rings (SSSR count). The summed E-state index contributed by atoms with van der Waals surface area (Å²) < 4.78 is 27.6. The highest BCUT2D eigenvalue weighted by Gasteiger charge is 2.24. The van der Waals surface area contributed by atoms with E-state index in [4.69, 9.17) is 5.73 Å². The number of hydrogen-bond donors (Lipinski definition) is 1. The Hall–Kier alpha value is -0.630. The van der Waals surface area contributed by atoms with Gasteiger partial charge in [0.25, 0.3) is 10.0 Å². The van der Waals surface area contributed by atoms with E-state index in [1.807, 2.05) is 20.8 Å². The van der Waals surface area contributed by atoms with Crippen LogP contribution in [0.3, 0.4) is 0 Å². The highest BCUT2D eigenvalue weighted by atomic mass is 35.5. The van der Waals surface area contributed by atoms with Gasteiger partial charge in [-0.15, -0.1) is 12.4 Å². The van der Waals surface area contributed by atoms with E-state index in [2.05, 4.69) is 5.10 Å². The molecule has 0 saturated heterocycles. The molecule has 1 unspecified atom stereocenters. The molecule has 1 aromatic rings. The van der Waals surface area contributed by atoms with Crippen molar-refractivity contribution in [1.82, 2.24) is 14.1 Å². The van der Waals surface area contributed by atoms with Gasteiger partial charge in [-0.1, -0.05) is 13.8 Å². The summed E-state index contributed by atoms with van der Waals surface area (Å²) in [5, 5.41) is 4.23. The number of halogens is 1. The van der Waals surface area contributed by atoms with Crippen molar-refractivity contribution in [2.45, 2.75) is 44.8 Å². The zero-order chi connectivity index (χ0) is 14.6. The Morgan fingerprint density at radius 2 is 2.05 bits per heavy atom. The number of sulfonamides is 1. The van der Waals surface area contributed by atoms with E-state index in [0.29, 0.717) is 25.4 Å². The van der Waals surface area contributed by atoms with Crippen LogP contribution >= 0.6 is 12.4 Å². The molecule has 0 saturated carbocycles. The topological polar surface area (TPSA) is 81.2 Å². The Bertz CT molecular complexity index is 501. The maximum Gasteiger partial charge on any atom is 0.259 e. The van der Waals surface area contributed by atoms with Crippen LogP contribution in [0.1, 0.15) is 27.2 Å². The van der Waals surface area contributed by atoms with Crippen molar-refractivity contribution in [2.75, 3.05) is 13.6 Å². The van der Waals surface area contributed by atoms with Gasteiger partial charge in [0.1, 0.15) is 0 Å². The van der Waals surface area contributed by atoms with E-state index in [1.54, 1.807) is 7.05 Å². The predicted molar refractivity (Wildman–Crippen MR) is 82.4 cm³/mol. The monoisotopic (exact) mass is 324 g/mol. The van der Waals surface area contributed by atoms with E-state index in [1.165, 1.54) is 21.3 Å². The van der Waals surface area contributed by atoms with Gasteiger partial charge in [-0.05, 0) is 25.3 Å². The minimum absolute atomic E-state index is 0. The highest BCUT2D eigenvalue weighted by molar-refractivity contribution is 7.89. The lowest BCUT2D eigenvalue weighted by atomic mass is 10.0. The van der Waals surface area contributed by atoms with Gasteiger partial charge in [-0.2, -0.15) is 9.40 Å². The van der Waals surface area contributed by atoms with Gasteiger partial charge in [0, 0.05) is 26.2 Å². The zero-order valence-corrected chi connectivity index (χ0v) is 14.1. The molecule has 1 aromatic heterocycles. The van der Waals surface area contributed by atoms with Crippen LogP contribution in [0.2, 0.25) is 0 Å². The summed E-state index contributed by atoms with van der Waals surface area (Å²) in [5.41, 5.74) is 5.94. The second-order valence-electron chi connectivity index (χ2n) is 5.01. The summed E-state index contributed by atoms with van der Waals surface area (Å²) in [6, 6.07) is 1.53. The molecule has 6 nitrogen and oxygen atoms in total. The Balaban J connectivity index is 0.00000361. The van der Waals surface area contributed by atoms with Crippen LogP contribution < -0.4 is 5.73 Å². The molecule has 20 heavy (non-hydrogen) atoms. The van der Waals surface area contributed by atoms with Gasteiger partial charge < -0.3 is 5.73 Å². The summed E-state index contributed by atoms with van der Waals surface area (Å²) >= 11 is 0. The molecule has 0 aliphatic carbocycles. The van der Waals surface area contributed by atoms with Crippen molar-refractivity contribution >= 4 is 22.4 Å². The van der Waals surface area contributed by atoms with Gasteiger partial charge in [-0.3, -0.25) is 4.68 Å². The summed E-state index contributed by atoms with van der Waals surface area (Å²) in [6.45, 7) is 6.87. The van der Waals surface area contributed by atoms with Crippen LogP contribution in [0, 0.1) is 5.92 Å². The molecule has 0 radical (unpaired) electrons. The second kappa shape index (κ2) is 7.97. The number of aromatic nitrogens is 2. The molecular weight excluding hydrogens is 300 g/mol. The van der Waals surface area contributed by atoms with Gasteiger partial charge in [0.2, 0.25) is 0 Å². The van der Waals surface area contributed by atoms with Gasteiger partial charge in [0.05, 0.1) is 6.20 Å². The molecule has 2 N–H and O–H groups in total. The molecule has 1 atom stereocenters.